The molecular formula is C24H19N5O3S. The average molecular weight is 458 g/mol. The van der Waals surface area contributed by atoms with Gasteiger partial charge in [-0.05, 0) is 29.8 Å². The van der Waals surface area contributed by atoms with Crippen molar-refractivity contribution in [2.75, 3.05) is 11.8 Å². The van der Waals surface area contributed by atoms with E-state index in [1.807, 2.05) is 60.7 Å². The summed E-state index contributed by atoms with van der Waals surface area (Å²) in [5.41, 5.74) is 3.43. The van der Waals surface area contributed by atoms with Gasteiger partial charge in [0.25, 0.3) is 10.0 Å². The number of hydrogen-bond acceptors (Lipinski definition) is 6. The van der Waals surface area contributed by atoms with Gasteiger partial charge in [-0.1, -0.05) is 60.7 Å². The second-order valence-electron chi connectivity index (χ2n) is 7.24. The molecule has 0 saturated carbocycles. The average Bonchev–Trinajstić information content (AvgIpc) is 3.30. The lowest BCUT2D eigenvalue weighted by molar-refractivity contribution is 0.415. The van der Waals surface area contributed by atoms with E-state index in [2.05, 4.69) is 25.1 Å². The zero-order valence-corrected chi connectivity index (χ0v) is 18.4. The summed E-state index contributed by atoms with van der Waals surface area (Å²) in [6.07, 6.45) is 0. The first-order valence-corrected chi connectivity index (χ1v) is 11.6. The second kappa shape index (κ2) is 8.36. The van der Waals surface area contributed by atoms with E-state index in [0.717, 1.165) is 11.1 Å². The molecule has 8 nitrogen and oxygen atoms in total. The van der Waals surface area contributed by atoms with Crippen molar-refractivity contribution in [2.24, 2.45) is 0 Å². The molecule has 0 aliphatic heterocycles. The number of sulfonamides is 1. The number of benzene rings is 3. The quantitative estimate of drug-likeness (QED) is 0.389. The maximum absolute atomic E-state index is 13.4. The fourth-order valence-electron chi connectivity index (χ4n) is 3.62. The van der Waals surface area contributed by atoms with Crippen molar-refractivity contribution in [2.45, 2.75) is 5.03 Å². The Balaban J connectivity index is 1.72. The van der Waals surface area contributed by atoms with Crippen LogP contribution in [-0.4, -0.2) is 35.9 Å². The van der Waals surface area contributed by atoms with E-state index in [1.54, 1.807) is 31.4 Å². The molecule has 0 saturated heterocycles. The Kier molecular flexibility index (Phi) is 5.23. The third-order valence-electron chi connectivity index (χ3n) is 5.17. The monoisotopic (exact) mass is 457 g/mol. The van der Waals surface area contributed by atoms with Crippen LogP contribution >= 0.6 is 0 Å². The second-order valence-corrected chi connectivity index (χ2v) is 8.86. The molecule has 2 N–H and O–H groups in total. The highest BCUT2D eigenvalue weighted by Gasteiger charge is 2.27. The predicted octanol–water partition coefficient (Wildman–Crippen LogP) is 4.50. The molecule has 0 aliphatic rings. The Hall–Kier alpha value is -4.24. The zero-order valence-electron chi connectivity index (χ0n) is 17.6. The van der Waals surface area contributed by atoms with E-state index in [9.17, 15) is 8.42 Å². The van der Waals surface area contributed by atoms with E-state index in [4.69, 9.17) is 4.74 Å². The molecule has 0 fully saturated rings. The van der Waals surface area contributed by atoms with Gasteiger partial charge < -0.3 is 4.74 Å². The number of fused-ring (bicyclic) bond motifs is 1. The number of nitrogens with one attached hydrogen (secondary N) is 2. The van der Waals surface area contributed by atoms with Gasteiger partial charge in [0, 0.05) is 16.8 Å². The predicted molar refractivity (Wildman–Crippen MR) is 126 cm³/mol. The summed E-state index contributed by atoms with van der Waals surface area (Å²) >= 11 is 0. The molecule has 33 heavy (non-hydrogen) atoms. The summed E-state index contributed by atoms with van der Waals surface area (Å²) < 4.78 is 34.5. The highest BCUT2D eigenvalue weighted by atomic mass is 32.2. The summed E-state index contributed by atoms with van der Waals surface area (Å²) in [5.74, 6) is 0.624. The smallest absolute Gasteiger partial charge is 0.279 e. The first kappa shape index (κ1) is 20.7. The molecule has 0 radical (unpaired) electrons. The molecule has 0 amide bonds. The van der Waals surface area contributed by atoms with Crippen LogP contribution < -0.4 is 9.46 Å². The number of nitrogens with zero attached hydrogens (tertiary/aromatic N) is 3. The number of hydrogen-bond donors (Lipinski definition) is 2. The van der Waals surface area contributed by atoms with Crippen molar-refractivity contribution < 1.29 is 13.2 Å². The lowest BCUT2D eigenvalue weighted by Crippen LogP contribution is -2.14. The highest BCUT2D eigenvalue weighted by molar-refractivity contribution is 7.92. The van der Waals surface area contributed by atoms with Crippen LogP contribution in [0.5, 0.6) is 5.75 Å². The van der Waals surface area contributed by atoms with Crippen molar-refractivity contribution in [3.63, 3.8) is 0 Å². The molecule has 164 valence electrons. The van der Waals surface area contributed by atoms with Crippen LogP contribution in [0.4, 0.5) is 5.69 Å². The molecule has 0 aliphatic carbocycles. The van der Waals surface area contributed by atoms with Crippen molar-refractivity contribution >= 4 is 26.7 Å². The van der Waals surface area contributed by atoms with Crippen LogP contribution in [0.3, 0.4) is 0 Å². The van der Waals surface area contributed by atoms with Gasteiger partial charge in [0.05, 0.1) is 12.5 Å². The van der Waals surface area contributed by atoms with Crippen LogP contribution in [0.2, 0.25) is 0 Å². The largest absolute Gasteiger partial charge is 0.497 e. The number of aromatic nitrogens is 4. The van der Waals surface area contributed by atoms with Gasteiger partial charge in [0.1, 0.15) is 11.4 Å². The fraction of sp³-hybridized carbons (Fsp3) is 0.0417. The Morgan fingerprint density at radius 2 is 1.45 bits per heavy atom. The van der Waals surface area contributed by atoms with Crippen molar-refractivity contribution in [3.05, 3.63) is 84.9 Å². The first-order chi connectivity index (χ1) is 16.1. The zero-order chi connectivity index (χ0) is 22.8. The van der Waals surface area contributed by atoms with Gasteiger partial charge in [-0.2, -0.15) is 13.5 Å². The number of aromatic amines is 1. The van der Waals surface area contributed by atoms with Crippen molar-refractivity contribution in [1.82, 2.24) is 20.4 Å². The normalized spacial score (nSPS) is 11.4. The molecular weight excluding hydrogens is 438 g/mol. The molecule has 3 aromatic carbocycles. The van der Waals surface area contributed by atoms with E-state index in [0.29, 0.717) is 28.1 Å². The number of ether oxygens (including phenoxy) is 1. The third-order valence-corrected chi connectivity index (χ3v) is 6.50. The number of rotatable bonds is 6. The van der Waals surface area contributed by atoms with E-state index < -0.39 is 10.0 Å². The van der Waals surface area contributed by atoms with Gasteiger partial charge in [0.2, 0.25) is 5.65 Å². The Morgan fingerprint density at radius 1 is 0.818 bits per heavy atom. The summed E-state index contributed by atoms with van der Waals surface area (Å²) in [7, 11) is -2.47. The van der Waals surface area contributed by atoms with Gasteiger partial charge in [-0.25, -0.2) is 0 Å². The molecule has 0 bridgehead atoms. The SMILES string of the molecule is COc1ccc(NS(=O)(=O)c2[nH]nc3nnc(-c4ccccc4)c(-c4ccccc4)c23)cc1. The topological polar surface area (TPSA) is 110 Å². The molecule has 2 heterocycles. The summed E-state index contributed by atoms with van der Waals surface area (Å²) in [6, 6.07) is 25.6. The van der Waals surface area contributed by atoms with Crippen molar-refractivity contribution in [1.29, 1.82) is 0 Å². The Bertz CT molecular complexity index is 1520. The minimum absolute atomic E-state index is 0.0840. The van der Waals surface area contributed by atoms with Crippen LogP contribution in [0.1, 0.15) is 0 Å². The third kappa shape index (κ3) is 3.90. The first-order valence-electron chi connectivity index (χ1n) is 10.1. The lowest BCUT2D eigenvalue weighted by atomic mass is 9.98. The maximum Gasteiger partial charge on any atom is 0.279 e. The summed E-state index contributed by atoms with van der Waals surface area (Å²) in [6.45, 7) is 0. The van der Waals surface area contributed by atoms with Crippen LogP contribution in [-0.2, 0) is 10.0 Å². The molecule has 2 aromatic heterocycles. The lowest BCUT2D eigenvalue weighted by Gasteiger charge is -2.12. The van der Waals surface area contributed by atoms with Gasteiger partial charge >= 0.3 is 0 Å². The van der Waals surface area contributed by atoms with Crippen molar-refractivity contribution in [3.8, 4) is 28.1 Å². The van der Waals surface area contributed by atoms with Gasteiger partial charge in [-0.3, -0.25) is 9.82 Å². The molecule has 0 spiro atoms. The molecule has 0 unspecified atom stereocenters. The highest BCUT2D eigenvalue weighted by Crippen LogP contribution is 2.38. The minimum Gasteiger partial charge on any atom is -0.497 e. The van der Waals surface area contributed by atoms with E-state index >= 15 is 0 Å². The molecule has 0 atom stereocenters. The minimum atomic E-state index is -4.02. The number of H-pyrrole nitrogens is 1. The van der Waals surface area contributed by atoms with E-state index in [1.165, 1.54) is 0 Å². The van der Waals surface area contributed by atoms with Gasteiger partial charge in [-0.15, -0.1) is 10.2 Å². The number of anilines is 1. The van der Waals surface area contributed by atoms with Crippen LogP contribution in [0, 0.1) is 0 Å². The van der Waals surface area contributed by atoms with Crippen LogP contribution in [0.15, 0.2) is 90.0 Å². The fourth-order valence-corrected chi connectivity index (χ4v) is 4.80. The molecule has 9 heteroatoms. The standard InChI is InChI=1S/C24H19N5O3S/c1-32-19-14-12-18(13-15-19)29-33(30,31)24-21-20(16-8-4-2-5-9-16)22(17-10-6-3-7-11-17)25-26-23(21)27-28-24/h2-15,29H,1H3,(H,26,27,28). The Morgan fingerprint density at radius 3 is 2.09 bits per heavy atom. The maximum atomic E-state index is 13.4. The van der Waals surface area contributed by atoms with Gasteiger partial charge in [0.15, 0.2) is 5.03 Å². The summed E-state index contributed by atoms with van der Waals surface area (Å²) in [4.78, 5) is 0. The summed E-state index contributed by atoms with van der Waals surface area (Å²) in [5, 5.41) is 15.7. The molecule has 5 rings (SSSR count). The number of methoxy groups -OCH3 is 1. The molecule has 5 aromatic rings. The van der Waals surface area contributed by atoms with E-state index in [-0.39, 0.29) is 10.7 Å². The Labute approximate surface area is 190 Å². The van der Waals surface area contributed by atoms with Crippen LogP contribution in [0.25, 0.3) is 33.4 Å².